The summed E-state index contributed by atoms with van der Waals surface area (Å²) in [7, 11) is 0. The number of rotatable bonds is 8. The van der Waals surface area contributed by atoms with Gasteiger partial charge in [0.15, 0.2) is 0 Å². The van der Waals surface area contributed by atoms with Gasteiger partial charge < -0.3 is 13.9 Å². The van der Waals surface area contributed by atoms with E-state index >= 15 is 0 Å². The fraction of sp³-hybridized carbons (Fsp3) is 0.194. The van der Waals surface area contributed by atoms with Gasteiger partial charge in [-0.2, -0.15) is 6.07 Å². The first-order chi connectivity index (χ1) is 32.1. The number of para-hydroxylation sites is 1. The molecule has 68 heavy (non-hydrogen) atoms. The summed E-state index contributed by atoms with van der Waals surface area (Å²) in [5, 5.41) is 2.23. The van der Waals surface area contributed by atoms with E-state index < -0.39 is 0 Å². The Morgan fingerprint density at radius 1 is 0.500 bits per heavy atom. The summed E-state index contributed by atoms with van der Waals surface area (Å²) < 4.78 is 11.1. The molecule has 3 heterocycles. The maximum Gasteiger partial charge on any atom is 2.00 e. The van der Waals surface area contributed by atoms with Gasteiger partial charge in [-0.3, -0.25) is 4.98 Å². The quantitative estimate of drug-likeness (QED) is 0.142. The summed E-state index contributed by atoms with van der Waals surface area (Å²) in [6, 6.07) is 63.0. The zero-order valence-electron chi connectivity index (χ0n) is 40.3. The number of imidazole rings is 1. The third-order valence-electron chi connectivity index (χ3n) is 12.8. The van der Waals surface area contributed by atoms with Crippen molar-refractivity contribution in [3.05, 3.63) is 205 Å². The van der Waals surface area contributed by atoms with Crippen LogP contribution in [-0.4, -0.2) is 19.1 Å². The standard InChI is InChI=1S/C62H56N4O.Pt/c1-60(2,3)45-28-26-43(27-29-45)53-40-64-57(39-54(53)62(7,8)9)66-55-33-30-46(61(4,5)6)37-52(55)51-32-31-48(38-56(51)66)67-47-23-16-22-44(36-47)59-63-34-35-65(59)58-49(41-18-12-10-13-19-41)24-17-25-50(58)42-20-14-11-15-21-42;/h10-35,37,39-40H,1-9H3;/q-2;+2. The Morgan fingerprint density at radius 2 is 1.10 bits per heavy atom. The van der Waals surface area contributed by atoms with Crippen LogP contribution in [-0.2, 0) is 37.3 Å². The van der Waals surface area contributed by atoms with E-state index in [1.54, 1.807) is 0 Å². The Hall–Kier alpha value is -6.81. The Labute approximate surface area is 415 Å². The largest absolute Gasteiger partial charge is 2.00 e. The van der Waals surface area contributed by atoms with Crippen molar-refractivity contribution in [3.8, 4) is 67.8 Å². The minimum absolute atomic E-state index is 0. The summed E-state index contributed by atoms with van der Waals surface area (Å²) in [4.78, 5) is 10.2. The number of ether oxygens (including phenoxy) is 1. The molecule has 5 nitrogen and oxygen atoms in total. The van der Waals surface area contributed by atoms with Gasteiger partial charge in [0.1, 0.15) is 5.82 Å². The maximum absolute atomic E-state index is 6.73. The smallest absolute Gasteiger partial charge is 0.503 e. The van der Waals surface area contributed by atoms with E-state index in [1.807, 2.05) is 36.7 Å². The van der Waals surface area contributed by atoms with E-state index in [1.165, 1.54) is 16.7 Å². The second kappa shape index (κ2) is 18.0. The second-order valence-electron chi connectivity index (χ2n) is 20.7. The molecule has 6 heteroatoms. The minimum Gasteiger partial charge on any atom is -0.503 e. The number of nitrogens with zero attached hydrogens (tertiary/aromatic N) is 4. The molecule has 0 amide bonds. The van der Waals surface area contributed by atoms with Crippen LogP contribution in [0.5, 0.6) is 11.5 Å². The van der Waals surface area contributed by atoms with Gasteiger partial charge in [-0.15, -0.1) is 41.3 Å². The van der Waals surface area contributed by atoms with Crippen LogP contribution >= 0.6 is 0 Å². The third kappa shape index (κ3) is 8.88. The molecule has 340 valence electrons. The van der Waals surface area contributed by atoms with Crippen LogP contribution in [0.15, 0.2) is 176 Å². The second-order valence-corrected chi connectivity index (χ2v) is 20.7. The predicted octanol–water partition coefficient (Wildman–Crippen LogP) is 16.3. The Morgan fingerprint density at radius 3 is 1.74 bits per heavy atom. The number of benzene rings is 7. The summed E-state index contributed by atoms with van der Waals surface area (Å²) in [6.45, 7) is 20.4. The Bertz CT molecular complexity index is 3360. The van der Waals surface area contributed by atoms with Crippen molar-refractivity contribution >= 4 is 21.8 Å². The van der Waals surface area contributed by atoms with Crippen LogP contribution in [0.2, 0.25) is 0 Å². The van der Waals surface area contributed by atoms with E-state index in [9.17, 15) is 0 Å². The van der Waals surface area contributed by atoms with Gasteiger partial charge in [-0.1, -0.05) is 189 Å². The summed E-state index contributed by atoms with van der Waals surface area (Å²) in [6.07, 6.45) is 5.94. The molecule has 0 radical (unpaired) electrons. The van der Waals surface area contributed by atoms with E-state index in [-0.39, 0.29) is 37.3 Å². The molecule has 0 spiro atoms. The fourth-order valence-corrected chi connectivity index (χ4v) is 9.20. The van der Waals surface area contributed by atoms with Crippen LogP contribution in [0.3, 0.4) is 0 Å². The van der Waals surface area contributed by atoms with Crippen LogP contribution in [0, 0.1) is 12.1 Å². The van der Waals surface area contributed by atoms with E-state index in [2.05, 4.69) is 223 Å². The Kier molecular flexibility index (Phi) is 12.3. The van der Waals surface area contributed by atoms with Gasteiger partial charge >= 0.3 is 21.1 Å². The fourth-order valence-electron chi connectivity index (χ4n) is 9.20. The van der Waals surface area contributed by atoms with Crippen LogP contribution in [0.25, 0.3) is 78.1 Å². The average molecular weight is 1070 g/mol. The summed E-state index contributed by atoms with van der Waals surface area (Å²) in [5.74, 6) is 2.74. The van der Waals surface area contributed by atoms with Crippen molar-refractivity contribution in [1.29, 1.82) is 0 Å². The molecule has 7 aromatic carbocycles. The van der Waals surface area contributed by atoms with E-state index in [4.69, 9.17) is 14.7 Å². The van der Waals surface area contributed by atoms with Crippen molar-refractivity contribution in [3.63, 3.8) is 0 Å². The van der Waals surface area contributed by atoms with Gasteiger partial charge in [0, 0.05) is 52.3 Å². The number of hydrogen-bond acceptors (Lipinski definition) is 3. The van der Waals surface area contributed by atoms with Gasteiger partial charge in [0.25, 0.3) is 0 Å². The molecule has 10 aromatic rings. The molecule has 0 saturated heterocycles. The first-order valence-electron chi connectivity index (χ1n) is 23.2. The molecule has 0 unspecified atom stereocenters. The number of aromatic nitrogens is 4. The summed E-state index contributed by atoms with van der Waals surface area (Å²) in [5.41, 5.74) is 14.3. The molecule has 0 aliphatic carbocycles. The monoisotopic (exact) mass is 1070 g/mol. The van der Waals surface area contributed by atoms with Gasteiger partial charge in [0.05, 0.1) is 11.5 Å². The maximum atomic E-state index is 6.73. The van der Waals surface area contributed by atoms with Crippen molar-refractivity contribution in [2.24, 2.45) is 0 Å². The average Bonchev–Trinajstić information content (AvgIpc) is 3.94. The SMILES string of the molecule is CC(C)(C)c1ccc(-c2cnc(-n3c4[c-]c(Oc5[c-]c(-c6nccn6-c6c(-c7ccccc7)cccc6-c6ccccc6)ccc5)ccc4c4cc(C(C)(C)C)ccc43)cc2C(C)(C)C)cc1.[Pt+2]. The molecule has 0 N–H and O–H groups in total. The number of fused-ring (bicyclic) bond motifs is 3. The first-order valence-corrected chi connectivity index (χ1v) is 23.2. The molecular formula is C62H56N4OPt. The van der Waals surface area contributed by atoms with E-state index in [0.717, 1.165) is 78.1 Å². The minimum atomic E-state index is -0.159. The molecule has 0 fully saturated rings. The Balaban J connectivity index is 0.00000578. The third-order valence-corrected chi connectivity index (χ3v) is 12.8. The number of pyridine rings is 1. The molecule has 0 saturated carbocycles. The van der Waals surface area contributed by atoms with Gasteiger partial charge in [-0.25, -0.2) is 4.98 Å². The normalized spacial score (nSPS) is 12.1. The molecule has 0 aliphatic heterocycles. The first kappa shape index (κ1) is 46.3. The number of hydrogen-bond donors (Lipinski definition) is 0. The molecule has 0 aliphatic rings. The molecular weight excluding hydrogens is 1010 g/mol. The van der Waals surface area contributed by atoms with E-state index in [0.29, 0.717) is 11.5 Å². The molecule has 0 atom stereocenters. The molecule has 0 bridgehead atoms. The zero-order chi connectivity index (χ0) is 46.7. The van der Waals surface area contributed by atoms with Gasteiger partial charge in [-0.05, 0) is 67.1 Å². The van der Waals surface area contributed by atoms with Crippen LogP contribution in [0.4, 0.5) is 0 Å². The van der Waals surface area contributed by atoms with Crippen molar-refractivity contribution in [2.45, 2.75) is 78.6 Å². The van der Waals surface area contributed by atoms with Crippen molar-refractivity contribution in [1.82, 2.24) is 19.1 Å². The van der Waals surface area contributed by atoms with Gasteiger partial charge in [0.2, 0.25) is 0 Å². The van der Waals surface area contributed by atoms with Crippen molar-refractivity contribution < 1.29 is 25.8 Å². The molecule has 10 rings (SSSR count). The molecule has 3 aromatic heterocycles. The predicted molar refractivity (Wildman–Crippen MR) is 278 cm³/mol. The van der Waals surface area contributed by atoms with Crippen molar-refractivity contribution in [2.75, 3.05) is 0 Å². The topological polar surface area (TPSA) is 44.9 Å². The zero-order valence-corrected chi connectivity index (χ0v) is 42.5. The van der Waals surface area contributed by atoms with Crippen LogP contribution < -0.4 is 4.74 Å². The van der Waals surface area contributed by atoms with Crippen LogP contribution in [0.1, 0.15) is 79.0 Å². The summed E-state index contributed by atoms with van der Waals surface area (Å²) >= 11 is 0.